The fourth-order valence-electron chi connectivity index (χ4n) is 1.91. The number of hydrogen-bond donors (Lipinski definition) is 0. The van der Waals surface area contributed by atoms with E-state index in [-0.39, 0.29) is 20.9 Å². The number of hydrogen-bond acceptors (Lipinski definition) is 0. The van der Waals surface area contributed by atoms with Crippen LogP contribution in [0.15, 0.2) is 48.5 Å². The first kappa shape index (κ1) is 12.7. The van der Waals surface area contributed by atoms with Crippen molar-refractivity contribution in [3.8, 4) is 0 Å². The molecule has 0 heterocycles. The molecule has 1 heteroatoms. The molecular formula is C16H18Te. The minimum absolute atomic E-state index is 0.226. The van der Waals surface area contributed by atoms with E-state index in [9.17, 15) is 0 Å². The van der Waals surface area contributed by atoms with Gasteiger partial charge in [-0.2, -0.15) is 0 Å². The van der Waals surface area contributed by atoms with Crippen LogP contribution in [0.3, 0.4) is 0 Å². The molecule has 0 aliphatic carbocycles. The van der Waals surface area contributed by atoms with E-state index in [1.54, 1.807) is 7.22 Å². The Morgan fingerprint density at radius 2 is 1.12 bits per heavy atom. The first-order valence-electron chi connectivity index (χ1n) is 6.18. The average Bonchev–Trinajstić information content (AvgIpc) is 2.40. The Labute approximate surface area is 114 Å². The third-order valence-electron chi connectivity index (χ3n) is 2.93. The Bertz CT molecular complexity index is 443. The second kappa shape index (κ2) is 6.24. The van der Waals surface area contributed by atoms with Gasteiger partial charge in [0.05, 0.1) is 0 Å². The molecule has 0 bridgehead atoms. The number of rotatable bonds is 4. The van der Waals surface area contributed by atoms with Crippen LogP contribution in [0, 0.1) is 0 Å². The zero-order chi connectivity index (χ0) is 12.1. The summed E-state index contributed by atoms with van der Waals surface area (Å²) in [5.41, 5.74) is 3.06. The molecule has 0 nitrogen and oxygen atoms in total. The molecule has 0 saturated carbocycles. The Hall–Kier alpha value is -0.770. The molecule has 0 saturated heterocycles. The molecule has 0 aromatic heterocycles. The van der Waals surface area contributed by atoms with Gasteiger partial charge in [-0.05, 0) is 0 Å². The monoisotopic (exact) mass is 340 g/mol. The van der Waals surface area contributed by atoms with E-state index in [1.165, 1.54) is 11.1 Å². The van der Waals surface area contributed by atoms with Gasteiger partial charge in [0.2, 0.25) is 0 Å². The molecule has 2 aromatic rings. The van der Waals surface area contributed by atoms with Gasteiger partial charge in [-0.1, -0.05) is 0 Å². The standard InChI is InChI=1S/C16H18Te/c1-3-13-9-5-7-11-15(13)17-16-12-8-6-10-14(16)4-2/h5-12H,3-4H2,1-2H3. The first-order valence-corrected chi connectivity index (χ1v) is 8.51. The third kappa shape index (κ3) is 3.12. The summed E-state index contributed by atoms with van der Waals surface area (Å²) in [5.74, 6) is 0. The molecule has 0 atom stereocenters. The molecule has 88 valence electrons. The number of aryl methyl sites for hydroxylation is 2. The van der Waals surface area contributed by atoms with E-state index < -0.39 is 0 Å². The minimum atomic E-state index is -0.226. The molecule has 2 rings (SSSR count). The van der Waals surface area contributed by atoms with Crippen LogP contribution in [0.1, 0.15) is 25.0 Å². The molecule has 0 N–H and O–H groups in total. The van der Waals surface area contributed by atoms with Crippen molar-refractivity contribution in [2.75, 3.05) is 0 Å². The van der Waals surface area contributed by atoms with Crippen molar-refractivity contribution in [3.63, 3.8) is 0 Å². The Morgan fingerprint density at radius 1 is 0.706 bits per heavy atom. The zero-order valence-corrected chi connectivity index (χ0v) is 12.8. The molecule has 0 unspecified atom stereocenters. The van der Waals surface area contributed by atoms with E-state index in [4.69, 9.17) is 0 Å². The Morgan fingerprint density at radius 3 is 1.53 bits per heavy atom. The van der Waals surface area contributed by atoms with E-state index in [1.807, 2.05) is 0 Å². The molecule has 0 amide bonds. The topological polar surface area (TPSA) is 0 Å². The second-order valence-corrected chi connectivity index (χ2v) is 7.12. The summed E-state index contributed by atoms with van der Waals surface area (Å²) in [4.78, 5) is 0. The van der Waals surface area contributed by atoms with Gasteiger partial charge in [0.15, 0.2) is 0 Å². The van der Waals surface area contributed by atoms with E-state index in [0.29, 0.717) is 0 Å². The molecule has 0 aliphatic rings. The quantitative estimate of drug-likeness (QED) is 0.752. The normalized spacial score (nSPS) is 10.5. The van der Waals surface area contributed by atoms with Crippen molar-refractivity contribution in [1.29, 1.82) is 0 Å². The molecule has 17 heavy (non-hydrogen) atoms. The third-order valence-corrected chi connectivity index (χ3v) is 6.46. The molecule has 0 aliphatic heterocycles. The maximum absolute atomic E-state index is 2.31. The molecule has 2 aromatic carbocycles. The molecular weight excluding hydrogens is 320 g/mol. The SMILES string of the molecule is CCc1ccccc1[Te]c1ccccc1CC. The zero-order valence-electron chi connectivity index (χ0n) is 10.4. The van der Waals surface area contributed by atoms with E-state index in [0.717, 1.165) is 12.8 Å². The van der Waals surface area contributed by atoms with Crippen LogP contribution in [0.5, 0.6) is 0 Å². The van der Waals surface area contributed by atoms with Crippen LogP contribution < -0.4 is 7.22 Å². The van der Waals surface area contributed by atoms with Crippen molar-refractivity contribution in [3.05, 3.63) is 59.7 Å². The van der Waals surface area contributed by atoms with Crippen LogP contribution in [-0.4, -0.2) is 20.9 Å². The van der Waals surface area contributed by atoms with Crippen molar-refractivity contribution in [2.24, 2.45) is 0 Å². The predicted octanol–water partition coefficient (Wildman–Crippen LogP) is 2.47. The van der Waals surface area contributed by atoms with Crippen LogP contribution >= 0.6 is 0 Å². The van der Waals surface area contributed by atoms with Crippen molar-refractivity contribution >= 4 is 28.1 Å². The van der Waals surface area contributed by atoms with E-state index in [2.05, 4.69) is 62.4 Å². The number of benzene rings is 2. The maximum atomic E-state index is 2.31. The summed E-state index contributed by atoms with van der Waals surface area (Å²) >= 11 is -0.226. The van der Waals surface area contributed by atoms with Gasteiger partial charge in [-0.3, -0.25) is 0 Å². The van der Waals surface area contributed by atoms with Gasteiger partial charge < -0.3 is 0 Å². The van der Waals surface area contributed by atoms with Crippen LogP contribution in [0.2, 0.25) is 0 Å². The van der Waals surface area contributed by atoms with E-state index >= 15 is 0 Å². The predicted molar refractivity (Wildman–Crippen MR) is 76.7 cm³/mol. The van der Waals surface area contributed by atoms with Gasteiger partial charge >= 0.3 is 114 Å². The first-order chi connectivity index (χ1) is 8.35. The van der Waals surface area contributed by atoms with Crippen molar-refractivity contribution in [1.82, 2.24) is 0 Å². The van der Waals surface area contributed by atoms with Crippen molar-refractivity contribution in [2.45, 2.75) is 26.7 Å². The molecule has 0 radical (unpaired) electrons. The van der Waals surface area contributed by atoms with Gasteiger partial charge in [0.25, 0.3) is 0 Å². The van der Waals surface area contributed by atoms with Gasteiger partial charge in [-0.15, -0.1) is 0 Å². The summed E-state index contributed by atoms with van der Waals surface area (Å²) in [7, 11) is 0. The molecule has 0 spiro atoms. The molecule has 0 fully saturated rings. The summed E-state index contributed by atoms with van der Waals surface area (Å²) < 4.78 is 3.20. The summed E-state index contributed by atoms with van der Waals surface area (Å²) in [5, 5.41) is 0. The Balaban J connectivity index is 2.31. The van der Waals surface area contributed by atoms with Gasteiger partial charge in [0.1, 0.15) is 0 Å². The van der Waals surface area contributed by atoms with Crippen LogP contribution in [0.4, 0.5) is 0 Å². The van der Waals surface area contributed by atoms with Gasteiger partial charge in [0, 0.05) is 0 Å². The van der Waals surface area contributed by atoms with Crippen LogP contribution in [0.25, 0.3) is 0 Å². The fraction of sp³-hybridized carbons (Fsp3) is 0.250. The summed E-state index contributed by atoms with van der Waals surface area (Å²) in [6.45, 7) is 4.50. The Kier molecular flexibility index (Phi) is 4.65. The van der Waals surface area contributed by atoms with Crippen molar-refractivity contribution < 1.29 is 0 Å². The summed E-state index contributed by atoms with van der Waals surface area (Å²) in [6.07, 6.45) is 2.30. The van der Waals surface area contributed by atoms with Crippen LogP contribution in [-0.2, 0) is 12.8 Å². The summed E-state index contributed by atoms with van der Waals surface area (Å²) in [6, 6.07) is 17.8. The fourth-order valence-corrected chi connectivity index (χ4v) is 5.38. The van der Waals surface area contributed by atoms with Gasteiger partial charge in [-0.25, -0.2) is 0 Å². The second-order valence-electron chi connectivity index (χ2n) is 4.02. The average molecular weight is 338 g/mol.